The van der Waals surface area contributed by atoms with E-state index in [9.17, 15) is 13.2 Å². The second-order valence-corrected chi connectivity index (χ2v) is 10.5. The second-order valence-electron chi connectivity index (χ2n) is 8.55. The molecular formula is C27H26N4O6S. The Labute approximate surface area is 220 Å². The fourth-order valence-corrected chi connectivity index (χ4v) is 5.44. The number of benzene rings is 3. The fraction of sp³-hybridized carbons (Fsp3) is 0.222. The molecule has 11 heteroatoms. The molecule has 3 aromatic carbocycles. The van der Waals surface area contributed by atoms with Gasteiger partial charge in [-0.25, -0.2) is 8.42 Å². The highest BCUT2D eigenvalue weighted by Crippen LogP contribution is 2.31. The molecule has 1 aromatic heterocycles. The molecule has 0 spiro atoms. The normalized spacial score (nSPS) is 12.9. The number of nitrogens with one attached hydrogen (secondary N) is 1. The van der Waals surface area contributed by atoms with Crippen molar-refractivity contribution in [3.8, 4) is 11.5 Å². The van der Waals surface area contributed by atoms with Crippen molar-refractivity contribution in [1.82, 2.24) is 14.5 Å². The standard InChI is InChI=1S/C27H26N4O6S/c1-2-31(18-19-6-4-3-5-7-19)38(33,34)22-11-9-21(10-12-22)26(32)28-27-30-29-25(37-27)17-20-8-13-23-24(16-20)36-15-14-35-23/h3-13,16H,2,14-15,17-18H2,1H3,(H,28,30,32). The van der Waals surface area contributed by atoms with Gasteiger partial charge >= 0.3 is 6.01 Å². The summed E-state index contributed by atoms with van der Waals surface area (Å²) < 4.78 is 44.4. The van der Waals surface area contributed by atoms with E-state index in [1.165, 1.54) is 28.6 Å². The molecular weight excluding hydrogens is 508 g/mol. The predicted molar refractivity (Wildman–Crippen MR) is 139 cm³/mol. The smallest absolute Gasteiger partial charge is 0.322 e. The molecule has 0 saturated carbocycles. The van der Waals surface area contributed by atoms with E-state index in [1.807, 2.05) is 48.5 Å². The molecule has 5 rings (SSSR count). The van der Waals surface area contributed by atoms with Crippen molar-refractivity contribution in [3.05, 3.63) is 95.4 Å². The van der Waals surface area contributed by atoms with Crippen LogP contribution in [0.3, 0.4) is 0 Å². The molecule has 0 unspecified atom stereocenters. The Morgan fingerprint density at radius 3 is 2.39 bits per heavy atom. The number of hydrogen-bond acceptors (Lipinski definition) is 8. The van der Waals surface area contributed by atoms with Gasteiger partial charge in [0.05, 0.1) is 11.3 Å². The third-order valence-electron chi connectivity index (χ3n) is 5.96. The van der Waals surface area contributed by atoms with E-state index in [1.54, 1.807) is 6.92 Å². The molecule has 1 aliphatic heterocycles. The second kappa shape index (κ2) is 11.0. The molecule has 0 radical (unpaired) electrons. The monoisotopic (exact) mass is 534 g/mol. The Morgan fingerprint density at radius 2 is 1.66 bits per heavy atom. The minimum Gasteiger partial charge on any atom is -0.486 e. The molecule has 0 saturated heterocycles. The van der Waals surface area contributed by atoms with E-state index in [0.29, 0.717) is 43.6 Å². The SMILES string of the molecule is CCN(Cc1ccccc1)S(=O)(=O)c1ccc(C(=O)Nc2nnc(Cc3ccc4c(c3)OCCO4)o2)cc1. The van der Waals surface area contributed by atoms with Crippen molar-refractivity contribution >= 4 is 21.9 Å². The zero-order chi connectivity index (χ0) is 26.5. The van der Waals surface area contributed by atoms with Crippen LogP contribution < -0.4 is 14.8 Å². The number of fused-ring (bicyclic) bond motifs is 1. The quantitative estimate of drug-likeness (QED) is 0.343. The lowest BCUT2D eigenvalue weighted by molar-refractivity contribution is 0.102. The minimum atomic E-state index is -3.74. The van der Waals surface area contributed by atoms with E-state index in [2.05, 4.69) is 15.5 Å². The highest BCUT2D eigenvalue weighted by atomic mass is 32.2. The summed E-state index contributed by atoms with van der Waals surface area (Å²) in [6, 6.07) is 20.6. The van der Waals surface area contributed by atoms with Crippen LogP contribution in [0.25, 0.3) is 0 Å². The highest BCUT2D eigenvalue weighted by molar-refractivity contribution is 7.89. The Bertz CT molecular complexity index is 1520. The molecule has 1 amide bonds. The van der Waals surface area contributed by atoms with Crippen LogP contribution in [-0.2, 0) is 23.0 Å². The van der Waals surface area contributed by atoms with Crippen LogP contribution in [0.2, 0.25) is 0 Å². The Kier molecular flexibility index (Phi) is 7.38. The number of hydrogen-bond donors (Lipinski definition) is 1. The summed E-state index contributed by atoms with van der Waals surface area (Å²) in [7, 11) is -3.74. The van der Waals surface area contributed by atoms with Gasteiger partial charge in [0.25, 0.3) is 5.91 Å². The van der Waals surface area contributed by atoms with E-state index < -0.39 is 15.9 Å². The van der Waals surface area contributed by atoms with Crippen LogP contribution in [0.4, 0.5) is 6.01 Å². The molecule has 0 fully saturated rings. The van der Waals surface area contributed by atoms with Crippen molar-refractivity contribution in [2.24, 2.45) is 0 Å². The number of aromatic nitrogens is 2. The number of nitrogens with zero attached hydrogens (tertiary/aromatic N) is 3. The molecule has 0 atom stereocenters. The van der Waals surface area contributed by atoms with Crippen molar-refractivity contribution in [3.63, 3.8) is 0 Å². The maximum atomic E-state index is 13.1. The van der Waals surface area contributed by atoms with Gasteiger partial charge in [-0.15, -0.1) is 5.10 Å². The van der Waals surface area contributed by atoms with Gasteiger partial charge in [-0.05, 0) is 47.5 Å². The lowest BCUT2D eigenvalue weighted by atomic mass is 10.1. The summed E-state index contributed by atoms with van der Waals surface area (Å²) in [5.41, 5.74) is 2.03. The number of carbonyl (C=O) groups excluding carboxylic acids is 1. The van der Waals surface area contributed by atoms with E-state index in [4.69, 9.17) is 13.9 Å². The van der Waals surface area contributed by atoms with Crippen molar-refractivity contribution in [2.45, 2.75) is 24.8 Å². The molecule has 1 N–H and O–H groups in total. The summed E-state index contributed by atoms with van der Waals surface area (Å²) >= 11 is 0. The minimum absolute atomic E-state index is 0.0562. The van der Waals surface area contributed by atoms with Gasteiger partial charge in [0.1, 0.15) is 13.2 Å². The van der Waals surface area contributed by atoms with Gasteiger partial charge in [-0.1, -0.05) is 48.4 Å². The van der Waals surface area contributed by atoms with Gasteiger partial charge in [-0.2, -0.15) is 4.31 Å². The predicted octanol–water partition coefficient (Wildman–Crippen LogP) is 3.89. The number of carbonyl (C=O) groups is 1. The number of ether oxygens (including phenoxy) is 2. The van der Waals surface area contributed by atoms with Gasteiger partial charge in [0.15, 0.2) is 11.5 Å². The van der Waals surface area contributed by atoms with Gasteiger partial charge < -0.3 is 13.9 Å². The molecule has 2 heterocycles. The fourth-order valence-electron chi connectivity index (χ4n) is 4.00. The highest BCUT2D eigenvalue weighted by Gasteiger charge is 2.24. The van der Waals surface area contributed by atoms with Crippen LogP contribution in [0.5, 0.6) is 11.5 Å². The molecule has 10 nitrogen and oxygen atoms in total. The molecule has 0 aliphatic carbocycles. The number of anilines is 1. The molecule has 0 bridgehead atoms. The van der Waals surface area contributed by atoms with Crippen LogP contribution in [0, 0.1) is 0 Å². The maximum absolute atomic E-state index is 13.1. The number of sulfonamides is 1. The Morgan fingerprint density at radius 1 is 0.921 bits per heavy atom. The topological polar surface area (TPSA) is 124 Å². The maximum Gasteiger partial charge on any atom is 0.322 e. The summed E-state index contributed by atoms with van der Waals surface area (Å²) in [5.74, 6) is 1.17. The first-order valence-corrected chi connectivity index (χ1v) is 13.5. The van der Waals surface area contributed by atoms with Crippen LogP contribution in [-0.4, -0.2) is 48.6 Å². The molecule has 1 aliphatic rings. The first-order valence-electron chi connectivity index (χ1n) is 12.1. The van der Waals surface area contributed by atoms with E-state index >= 15 is 0 Å². The summed E-state index contributed by atoms with van der Waals surface area (Å²) in [4.78, 5) is 12.8. The largest absolute Gasteiger partial charge is 0.486 e. The average Bonchev–Trinajstić information content (AvgIpc) is 3.38. The van der Waals surface area contributed by atoms with Crippen LogP contribution >= 0.6 is 0 Å². The first-order chi connectivity index (χ1) is 18.4. The zero-order valence-corrected chi connectivity index (χ0v) is 21.5. The van der Waals surface area contributed by atoms with Crippen LogP contribution in [0.15, 0.2) is 82.1 Å². The Hall–Kier alpha value is -4.22. The van der Waals surface area contributed by atoms with Crippen molar-refractivity contribution < 1.29 is 27.1 Å². The summed E-state index contributed by atoms with van der Waals surface area (Å²) in [5, 5.41) is 10.4. The first kappa shape index (κ1) is 25.4. The number of rotatable bonds is 9. The van der Waals surface area contributed by atoms with Crippen molar-refractivity contribution in [2.75, 3.05) is 25.1 Å². The lowest BCUT2D eigenvalue weighted by Gasteiger charge is -2.20. The van der Waals surface area contributed by atoms with Crippen LogP contribution in [0.1, 0.15) is 34.3 Å². The van der Waals surface area contributed by atoms with Gasteiger partial charge in [0.2, 0.25) is 15.9 Å². The van der Waals surface area contributed by atoms with Crippen molar-refractivity contribution in [1.29, 1.82) is 0 Å². The van der Waals surface area contributed by atoms with E-state index in [-0.39, 0.29) is 23.0 Å². The van der Waals surface area contributed by atoms with Gasteiger partial charge in [-0.3, -0.25) is 10.1 Å². The molecule has 196 valence electrons. The Balaban J connectivity index is 1.22. The third kappa shape index (κ3) is 5.68. The average molecular weight is 535 g/mol. The molecule has 4 aromatic rings. The molecule has 38 heavy (non-hydrogen) atoms. The van der Waals surface area contributed by atoms with E-state index in [0.717, 1.165) is 11.1 Å². The number of amides is 1. The lowest BCUT2D eigenvalue weighted by Crippen LogP contribution is -2.30. The third-order valence-corrected chi connectivity index (χ3v) is 7.89. The summed E-state index contributed by atoms with van der Waals surface area (Å²) in [6.07, 6.45) is 0.350. The summed E-state index contributed by atoms with van der Waals surface area (Å²) in [6.45, 7) is 3.36. The van der Waals surface area contributed by atoms with Gasteiger partial charge in [0, 0.05) is 18.7 Å². The zero-order valence-electron chi connectivity index (χ0n) is 20.7.